The number of piperidine rings is 1. The van der Waals surface area contributed by atoms with E-state index >= 15 is 0 Å². The Morgan fingerprint density at radius 1 is 1.36 bits per heavy atom. The number of nitrogens with one attached hydrogen (secondary N) is 3. The lowest BCUT2D eigenvalue weighted by Crippen LogP contribution is -2.45. The van der Waals surface area contributed by atoms with E-state index in [0.717, 1.165) is 44.5 Å². The summed E-state index contributed by atoms with van der Waals surface area (Å²) in [5.41, 5.74) is 0. The van der Waals surface area contributed by atoms with Crippen LogP contribution in [0.4, 0.5) is 0 Å². The van der Waals surface area contributed by atoms with Crippen molar-refractivity contribution in [3.05, 3.63) is 0 Å². The van der Waals surface area contributed by atoms with E-state index in [9.17, 15) is 0 Å². The van der Waals surface area contributed by atoms with E-state index in [4.69, 9.17) is 0 Å². The molecule has 2 aliphatic rings. The van der Waals surface area contributed by atoms with Gasteiger partial charge in [0.05, 0.1) is 0 Å². The molecule has 0 radical (unpaired) electrons. The summed E-state index contributed by atoms with van der Waals surface area (Å²) in [6.45, 7) is 5.43. The van der Waals surface area contributed by atoms with Gasteiger partial charge < -0.3 is 16.0 Å². The first-order valence-electron chi connectivity index (χ1n) is 5.68. The molecule has 2 rings (SSSR count). The van der Waals surface area contributed by atoms with E-state index in [0.29, 0.717) is 0 Å². The fourth-order valence-electron chi connectivity index (χ4n) is 1.99. The van der Waals surface area contributed by atoms with Crippen LogP contribution < -0.4 is 16.0 Å². The molecule has 0 aromatic carbocycles. The molecule has 4 nitrogen and oxygen atoms in total. The smallest absolute Gasteiger partial charge is 0.191 e. The molecule has 0 aliphatic carbocycles. The van der Waals surface area contributed by atoms with Gasteiger partial charge in [-0.1, -0.05) is 0 Å². The van der Waals surface area contributed by atoms with Crippen molar-refractivity contribution < 1.29 is 0 Å². The monoisotopic (exact) mass is 196 g/mol. The molecular formula is C10H20N4. The van der Waals surface area contributed by atoms with Gasteiger partial charge in [-0.3, -0.25) is 4.99 Å². The Morgan fingerprint density at radius 3 is 3.07 bits per heavy atom. The Labute approximate surface area is 85.6 Å². The Morgan fingerprint density at radius 2 is 2.36 bits per heavy atom. The Kier molecular flexibility index (Phi) is 3.63. The first-order chi connectivity index (χ1) is 6.95. The molecule has 1 atom stereocenters. The highest BCUT2D eigenvalue weighted by atomic mass is 15.2. The van der Waals surface area contributed by atoms with Gasteiger partial charge in [0.1, 0.15) is 0 Å². The molecule has 0 saturated carbocycles. The summed E-state index contributed by atoms with van der Waals surface area (Å²) in [6.07, 6.45) is 3.82. The van der Waals surface area contributed by atoms with Gasteiger partial charge in [0.15, 0.2) is 5.96 Å². The van der Waals surface area contributed by atoms with Gasteiger partial charge in [-0.2, -0.15) is 0 Å². The average molecular weight is 196 g/mol. The van der Waals surface area contributed by atoms with Crippen LogP contribution in [-0.4, -0.2) is 38.7 Å². The molecule has 0 amide bonds. The minimum atomic E-state index is 0.773. The maximum atomic E-state index is 4.39. The van der Waals surface area contributed by atoms with Crippen LogP contribution >= 0.6 is 0 Å². The second-order valence-corrected chi connectivity index (χ2v) is 4.10. The summed E-state index contributed by atoms with van der Waals surface area (Å²) < 4.78 is 0. The van der Waals surface area contributed by atoms with Crippen molar-refractivity contribution >= 4 is 5.96 Å². The molecule has 2 aliphatic heterocycles. The van der Waals surface area contributed by atoms with Crippen LogP contribution in [0.3, 0.4) is 0 Å². The van der Waals surface area contributed by atoms with Gasteiger partial charge in [-0.15, -0.1) is 0 Å². The van der Waals surface area contributed by atoms with Crippen LogP contribution in [0.1, 0.15) is 19.3 Å². The van der Waals surface area contributed by atoms with Gasteiger partial charge in [-0.05, 0) is 38.3 Å². The van der Waals surface area contributed by atoms with Gasteiger partial charge >= 0.3 is 0 Å². The zero-order valence-corrected chi connectivity index (χ0v) is 8.68. The molecule has 0 bridgehead atoms. The zero-order chi connectivity index (χ0) is 9.64. The lowest BCUT2D eigenvalue weighted by atomic mass is 10.00. The number of nitrogens with zero attached hydrogens (tertiary/aromatic N) is 1. The standard InChI is InChI=1S/C10H20N4/c1-3-9(7-11-4-1)8-14-10-12-5-2-6-13-10/h9,11H,1-8H2,(H2,12,13,14). The Balaban J connectivity index is 1.67. The number of rotatable bonds is 2. The minimum Gasteiger partial charge on any atom is -0.356 e. The Hall–Kier alpha value is -0.770. The fourth-order valence-corrected chi connectivity index (χ4v) is 1.99. The predicted octanol–water partition coefficient (Wildman–Crippen LogP) is -0.0751. The van der Waals surface area contributed by atoms with Crippen LogP contribution in [0.2, 0.25) is 0 Å². The quantitative estimate of drug-likeness (QED) is 0.579. The summed E-state index contributed by atoms with van der Waals surface area (Å²) in [4.78, 5) is 4.39. The third-order valence-corrected chi connectivity index (χ3v) is 2.85. The minimum absolute atomic E-state index is 0.773. The first-order valence-corrected chi connectivity index (χ1v) is 5.68. The van der Waals surface area contributed by atoms with Crippen molar-refractivity contribution in [1.29, 1.82) is 0 Å². The maximum absolute atomic E-state index is 4.39. The molecule has 0 spiro atoms. The van der Waals surface area contributed by atoms with E-state index in [1.165, 1.54) is 19.4 Å². The van der Waals surface area contributed by atoms with Crippen molar-refractivity contribution in [3.8, 4) is 0 Å². The molecule has 4 heteroatoms. The zero-order valence-electron chi connectivity index (χ0n) is 8.68. The topological polar surface area (TPSA) is 48.5 Å². The second kappa shape index (κ2) is 5.20. The van der Waals surface area contributed by atoms with Crippen molar-refractivity contribution in [1.82, 2.24) is 16.0 Å². The third kappa shape index (κ3) is 2.87. The highest BCUT2D eigenvalue weighted by molar-refractivity contribution is 5.80. The SMILES string of the molecule is C1CN=C(NCC2CCCNC2)NC1. The highest BCUT2D eigenvalue weighted by Crippen LogP contribution is 2.08. The van der Waals surface area contributed by atoms with Gasteiger partial charge in [0, 0.05) is 19.6 Å². The van der Waals surface area contributed by atoms with Crippen LogP contribution in [0.15, 0.2) is 4.99 Å². The number of hydrogen-bond donors (Lipinski definition) is 3. The molecule has 80 valence electrons. The molecule has 1 saturated heterocycles. The van der Waals surface area contributed by atoms with E-state index in [-0.39, 0.29) is 0 Å². The lowest BCUT2D eigenvalue weighted by Gasteiger charge is -2.24. The largest absolute Gasteiger partial charge is 0.356 e. The predicted molar refractivity (Wildman–Crippen MR) is 58.5 cm³/mol. The molecule has 0 aromatic heterocycles. The number of hydrogen-bond acceptors (Lipinski definition) is 4. The molecule has 2 heterocycles. The molecule has 0 aromatic rings. The van der Waals surface area contributed by atoms with Gasteiger partial charge in [0.25, 0.3) is 0 Å². The molecule has 14 heavy (non-hydrogen) atoms. The number of guanidine groups is 1. The molecule has 1 fully saturated rings. The van der Waals surface area contributed by atoms with Crippen LogP contribution in [0.5, 0.6) is 0 Å². The summed E-state index contributed by atoms with van der Waals surface area (Å²) in [5, 5.41) is 10.1. The van der Waals surface area contributed by atoms with Crippen molar-refractivity contribution in [2.75, 3.05) is 32.7 Å². The Bertz CT molecular complexity index is 196. The van der Waals surface area contributed by atoms with E-state index in [1.54, 1.807) is 0 Å². The van der Waals surface area contributed by atoms with E-state index in [1.807, 2.05) is 0 Å². The summed E-state index contributed by atoms with van der Waals surface area (Å²) in [5.74, 6) is 1.78. The molecule has 1 unspecified atom stereocenters. The lowest BCUT2D eigenvalue weighted by molar-refractivity contribution is 0.374. The van der Waals surface area contributed by atoms with Crippen LogP contribution in [-0.2, 0) is 0 Å². The maximum Gasteiger partial charge on any atom is 0.191 e. The van der Waals surface area contributed by atoms with E-state index < -0.39 is 0 Å². The number of aliphatic imine (C=N–C) groups is 1. The third-order valence-electron chi connectivity index (χ3n) is 2.85. The summed E-state index contributed by atoms with van der Waals surface area (Å²) in [6, 6.07) is 0. The van der Waals surface area contributed by atoms with Crippen LogP contribution in [0.25, 0.3) is 0 Å². The second-order valence-electron chi connectivity index (χ2n) is 4.10. The van der Waals surface area contributed by atoms with Crippen molar-refractivity contribution in [2.45, 2.75) is 19.3 Å². The molecular weight excluding hydrogens is 176 g/mol. The van der Waals surface area contributed by atoms with Crippen molar-refractivity contribution in [2.24, 2.45) is 10.9 Å². The van der Waals surface area contributed by atoms with E-state index in [2.05, 4.69) is 20.9 Å². The average Bonchev–Trinajstić information content (AvgIpc) is 2.29. The summed E-state index contributed by atoms with van der Waals surface area (Å²) in [7, 11) is 0. The molecule has 3 N–H and O–H groups in total. The fraction of sp³-hybridized carbons (Fsp3) is 0.900. The van der Waals surface area contributed by atoms with Crippen molar-refractivity contribution in [3.63, 3.8) is 0 Å². The van der Waals surface area contributed by atoms with Crippen LogP contribution in [0, 0.1) is 5.92 Å². The van der Waals surface area contributed by atoms with Gasteiger partial charge in [0.2, 0.25) is 0 Å². The first kappa shape index (κ1) is 9.77. The normalized spacial score (nSPS) is 27.7. The van der Waals surface area contributed by atoms with Gasteiger partial charge in [-0.25, -0.2) is 0 Å². The summed E-state index contributed by atoms with van der Waals surface area (Å²) >= 11 is 0. The highest BCUT2D eigenvalue weighted by Gasteiger charge is 2.13.